The molecule has 0 bridgehead atoms. The molecule has 0 aliphatic rings. The van der Waals surface area contributed by atoms with E-state index in [4.69, 9.17) is 5.84 Å². The molecule has 1 amide bonds. The lowest BCUT2D eigenvalue weighted by Crippen LogP contribution is -2.31. The van der Waals surface area contributed by atoms with Crippen LogP contribution < -0.4 is 16.6 Å². The van der Waals surface area contributed by atoms with Gasteiger partial charge in [0.2, 0.25) is 5.91 Å². The Kier molecular flexibility index (Phi) is 6.56. The molecule has 122 valence electrons. The number of hydrogen-bond donors (Lipinski definition) is 3. The third kappa shape index (κ3) is 5.71. The highest BCUT2D eigenvalue weighted by molar-refractivity contribution is 5.77. The number of anilines is 1. The number of amides is 1. The van der Waals surface area contributed by atoms with Gasteiger partial charge in [0.25, 0.3) is 0 Å². The van der Waals surface area contributed by atoms with Crippen LogP contribution in [0.4, 0.5) is 5.82 Å². The maximum absolute atomic E-state index is 11.2. The van der Waals surface area contributed by atoms with Crippen molar-refractivity contribution in [2.24, 2.45) is 5.84 Å². The second kappa shape index (κ2) is 8.90. The van der Waals surface area contributed by atoms with Crippen LogP contribution in [0.5, 0.6) is 0 Å². The number of carbonyl (C=O) groups is 1. The summed E-state index contributed by atoms with van der Waals surface area (Å²) in [5, 5.41) is 3.27. The summed E-state index contributed by atoms with van der Waals surface area (Å²) in [6, 6.07) is 12.2. The van der Waals surface area contributed by atoms with E-state index in [0.717, 1.165) is 37.2 Å². The minimum Gasteiger partial charge on any atom is -0.370 e. The SMILES string of the molecule is CCCNc1ccc(CCc2ccc(CC(=O)NN)cc2)cn1. The van der Waals surface area contributed by atoms with Crippen molar-refractivity contribution in [1.82, 2.24) is 10.4 Å². The van der Waals surface area contributed by atoms with E-state index in [1.807, 2.05) is 24.4 Å². The van der Waals surface area contributed by atoms with Gasteiger partial charge in [-0.15, -0.1) is 0 Å². The summed E-state index contributed by atoms with van der Waals surface area (Å²) < 4.78 is 0. The van der Waals surface area contributed by atoms with Gasteiger partial charge in [-0.1, -0.05) is 37.3 Å². The van der Waals surface area contributed by atoms with Crippen molar-refractivity contribution in [3.8, 4) is 0 Å². The number of hydrogen-bond acceptors (Lipinski definition) is 4. The van der Waals surface area contributed by atoms with E-state index in [9.17, 15) is 4.79 Å². The molecule has 23 heavy (non-hydrogen) atoms. The number of rotatable bonds is 8. The molecule has 0 saturated carbocycles. The van der Waals surface area contributed by atoms with E-state index in [1.165, 1.54) is 11.1 Å². The normalized spacial score (nSPS) is 10.3. The number of nitrogens with two attached hydrogens (primary N) is 1. The van der Waals surface area contributed by atoms with E-state index in [0.29, 0.717) is 6.42 Å². The van der Waals surface area contributed by atoms with Gasteiger partial charge >= 0.3 is 0 Å². The molecule has 0 saturated heterocycles. The van der Waals surface area contributed by atoms with Gasteiger partial charge in [-0.25, -0.2) is 10.8 Å². The van der Waals surface area contributed by atoms with Gasteiger partial charge < -0.3 is 5.32 Å². The van der Waals surface area contributed by atoms with Crippen LogP contribution in [0.25, 0.3) is 0 Å². The molecule has 0 fully saturated rings. The van der Waals surface area contributed by atoms with Crippen LogP contribution in [-0.2, 0) is 24.1 Å². The quantitative estimate of drug-likeness (QED) is 0.397. The summed E-state index contributed by atoms with van der Waals surface area (Å²) in [7, 11) is 0. The lowest BCUT2D eigenvalue weighted by Gasteiger charge is -2.06. The molecule has 5 heteroatoms. The van der Waals surface area contributed by atoms with Gasteiger partial charge in [-0.2, -0.15) is 0 Å². The zero-order valence-corrected chi connectivity index (χ0v) is 13.5. The molecule has 1 heterocycles. The molecular formula is C18H24N4O. The molecule has 5 nitrogen and oxygen atoms in total. The summed E-state index contributed by atoms with van der Waals surface area (Å²) in [4.78, 5) is 15.6. The maximum Gasteiger partial charge on any atom is 0.238 e. The number of aromatic nitrogens is 1. The van der Waals surface area contributed by atoms with Crippen LogP contribution in [0.2, 0.25) is 0 Å². The van der Waals surface area contributed by atoms with E-state index < -0.39 is 0 Å². The number of pyridine rings is 1. The van der Waals surface area contributed by atoms with Crippen molar-refractivity contribution in [2.75, 3.05) is 11.9 Å². The average Bonchev–Trinajstić information content (AvgIpc) is 2.60. The highest BCUT2D eigenvalue weighted by Gasteiger charge is 2.02. The summed E-state index contributed by atoms with van der Waals surface area (Å²) in [5.74, 6) is 5.84. The molecule has 1 aromatic heterocycles. The van der Waals surface area contributed by atoms with Crippen molar-refractivity contribution < 1.29 is 4.79 Å². The Morgan fingerprint density at radius 1 is 1.04 bits per heavy atom. The summed E-state index contributed by atoms with van der Waals surface area (Å²) >= 11 is 0. The number of hydrazine groups is 1. The van der Waals surface area contributed by atoms with Crippen LogP contribution in [-0.4, -0.2) is 17.4 Å². The number of carbonyl (C=O) groups excluding carboxylic acids is 1. The van der Waals surface area contributed by atoms with Gasteiger partial charge in [0.15, 0.2) is 0 Å². The standard InChI is InChI=1S/C18H24N4O/c1-2-11-20-17-10-9-16(13-21-17)8-5-14-3-6-15(7-4-14)12-18(23)22-19/h3-4,6-7,9-10,13H,2,5,8,11-12,19H2,1H3,(H,20,21)(H,22,23). The number of aryl methyl sites for hydroxylation is 2. The van der Waals surface area contributed by atoms with Gasteiger partial charge in [-0.05, 0) is 42.0 Å². The molecule has 0 spiro atoms. The number of benzene rings is 1. The molecule has 0 unspecified atom stereocenters. The number of nitrogens with one attached hydrogen (secondary N) is 2. The van der Waals surface area contributed by atoms with Crippen molar-refractivity contribution >= 4 is 11.7 Å². The van der Waals surface area contributed by atoms with Crippen molar-refractivity contribution in [3.63, 3.8) is 0 Å². The van der Waals surface area contributed by atoms with E-state index in [2.05, 4.69) is 40.8 Å². The second-order valence-electron chi connectivity index (χ2n) is 5.54. The fourth-order valence-corrected chi connectivity index (χ4v) is 2.28. The van der Waals surface area contributed by atoms with Crippen molar-refractivity contribution in [3.05, 3.63) is 59.3 Å². The summed E-state index contributed by atoms with van der Waals surface area (Å²) in [6.45, 7) is 3.08. The van der Waals surface area contributed by atoms with Crippen LogP contribution in [0.3, 0.4) is 0 Å². The predicted molar refractivity (Wildman–Crippen MR) is 92.9 cm³/mol. The Morgan fingerprint density at radius 2 is 1.70 bits per heavy atom. The van der Waals surface area contributed by atoms with Crippen molar-refractivity contribution in [2.45, 2.75) is 32.6 Å². The first-order chi connectivity index (χ1) is 11.2. The molecule has 1 aromatic carbocycles. The third-order valence-electron chi connectivity index (χ3n) is 3.63. The fourth-order valence-electron chi connectivity index (χ4n) is 2.28. The Labute approximate surface area is 137 Å². The first kappa shape index (κ1) is 17.0. The molecule has 0 atom stereocenters. The first-order valence-corrected chi connectivity index (χ1v) is 7.97. The fraction of sp³-hybridized carbons (Fsp3) is 0.333. The van der Waals surface area contributed by atoms with Crippen LogP contribution in [0, 0.1) is 0 Å². The minimum atomic E-state index is -0.180. The monoisotopic (exact) mass is 312 g/mol. The topological polar surface area (TPSA) is 80.0 Å². The second-order valence-corrected chi connectivity index (χ2v) is 5.54. The first-order valence-electron chi connectivity index (χ1n) is 7.97. The molecule has 0 aliphatic heterocycles. The zero-order valence-electron chi connectivity index (χ0n) is 13.5. The Bertz CT molecular complexity index is 608. The van der Waals surface area contributed by atoms with Gasteiger partial charge in [-0.3, -0.25) is 10.2 Å². The lowest BCUT2D eigenvalue weighted by atomic mass is 10.0. The Hall–Kier alpha value is -2.40. The Morgan fingerprint density at radius 3 is 2.30 bits per heavy atom. The van der Waals surface area contributed by atoms with Crippen molar-refractivity contribution in [1.29, 1.82) is 0 Å². The molecule has 2 aromatic rings. The molecule has 0 radical (unpaired) electrons. The molecular weight excluding hydrogens is 288 g/mol. The maximum atomic E-state index is 11.2. The van der Waals surface area contributed by atoms with Crippen LogP contribution in [0.15, 0.2) is 42.6 Å². The van der Waals surface area contributed by atoms with Crippen LogP contribution in [0.1, 0.15) is 30.0 Å². The predicted octanol–water partition coefficient (Wildman–Crippen LogP) is 2.22. The largest absolute Gasteiger partial charge is 0.370 e. The smallest absolute Gasteiger partial charge is 0.238 e. The van der Waals surface area contributed by atoms with E-state index in [1.54, 1.807) is 0 Å². The van der Waals surface area contributed by atoms with E-state index >= 15 is 0 Å². The summed E-state index contributed by atoms with van der Waals surface area (Å²) in [5.41, 5.74) is 5.57. The lowest BCUT2D eigenvalue weighted by molar-refractivity contribution is -0.120. The van der Waals surface area contributed by atoms with Crippen LogP contribution >= 0.6 is 0 Å². The van der Waals surface area contributed by atoms with Gasteiger partial charge in [0.05, 0.1) is 6.42 Å². The molecule has 0 aliphatic carbocycles. The Balaban J connectivity index is 1.84. The van der Waals surface area contributed by atoms with Gasteiger partial charge in [0, 0.05) is 12.7 Å². The minimum absolute atomic E-state index is 0.180. The van der Waals surface area contributed by atoms with Gasteiger partial charge in [0.1, 0.15) is 5.82 Å². The molecule has 4 N–H and O–H groups in total. The number of nitrogens with zero attached hydrogens (tertiary/aromatic N) is 1. The highest BCUT2D eigenvalue weighted by Crippen LogP contribution is 2.11. The zero-order chi connectivity index (χ0) is 16.5. The third-order valence-corrected chi connectivity index (χ3v) is 3.63. The van der Waals surface area contributed by atoms with E-state index in [-0.39, 0.29) is 5.91 Å². The summed E-state index contributed by atoms with van der Waals surface area (Å²) in [6.07, 6.45) is 5.23. The average molecular weight is 312 g/mol. The molecule has 2 rings (SSSR count). The highest BCUT2D eigenvalue weighted by atomic mass is 16.2.